The fraction of sp³-hybridized carbons (Fsp3) is 0.750. The van der Waals surface area contributed by atoms with Crippen molar-refractivity contribution in [2.75, 3.05) is 6.61 Å². The average molecular weight is 367 g/mol. The third-order valence-electron chi connectivity index (χ3n) is 3.99. The number of amides is 1. The summed E-state index contributed by atoms with van der Waals surface area (Å²) in [6.07, 6.45) is 7.84. The summed E-state index contributed by atoms with van der Waals surface area (Å²) in [5, 5.41) is 2.94. The fourth-order valence-corrected chi connectivity index (χ4v) is 2.69. The molecule has 0 aliphatic carbocycles. The molecule has 26 heavy (non-hydrogen) atoms. The zero-order valence-electron chi connectivity index (χ0n) is 16.5. The van der Waals surface area contributed by atoms with Crippen LogP contribution in [0.25, 0.3) is 0 Å². The molecule has 0 saturated carbocycles. The first-order chi connectivity index (χ1) is 12.2. The van der Waals surface area contributed by atoms with Crippen LogP contribution in [0.15, 0.2) is 12.2 Å². The van der Waals surface area contributed by atoms with Gasteiger partial charge in [-0.1, -0.05) is 31.9 Å². The lowest BCUT2D eigenvalue weighted by Gasteiger charge is -2.23. The van der Waals surface area contributed by atoms with Crippen LogP contribution in [0.3, 0.4) is 0 Å². The number of ether oxygens (including phenoxy) is 2. The van der Waals surface area contributed by atoms with E-state index in [0.717, 1.165) is 19.3 Å². The van der Waals surface area contributed by atoms with E-state index in [2.05, 4.69) is 12.2 Å². The molecule has 1 N–H and O–H groups in total. The second-order valence-corrected chi connectivity index (χ2v) is 7.77. The Morgan fingerprint density at radius 1 is 1.31 bits per heavy atom. The highest BCUT2D eigenvalue weighted by Crippen LogP contribution is 2.18. The van der Waals surface area contributed by atoms with Crippen molar-refractivity contribution in [3.8, 4) is 0 Å². The number of hydrogen-bond acceptors (Lipinski definition) is 5. The summed E-state index contributed by atoms with van der Waals surface area (Å²) in [5.74, 6) is -1.42. The van der Waals surface area contributed by atoms with E-state index < -0.39 is 23.5 Å². The Morgan fingerprint density at radius 3 is 2.69 bits per heavy atom. The van der Waals surface area contributed by atoms with Gasteiger partial charge in [0.15, 0.2) is 0 Å². The minimum Gasteiger partial charge on any atom is -0.463 e. The molecule has 6 nitrogen and oxygen atoms in total. The van der Waals surface area contributed by atoms with Gasteiger partial charge in [0.25, 0.3) is 0 Å². The van der Waals surface area contributed by atoms with E-state index in [-0.39, 0.29) is 25.0 Å². The lowest BCUT2D eigenvalue weighted by atomic mass is 10.0. The van der Waals surface area contributed by atoms with Gasteiger partial charge >= 0.3 is 11.9 Å². The van der Waals surface area contributed by atoms with Gasteiger partial charge in [-0.2, -0.15) is 0 Å². The summed E-state index contributed by atoms with van der Waals surface area (Å²) in [6, 6.07) is -0.183. The zero-order chi connectivity index (χ0) is 19.6. The largest absolute Gasteiger partial charge is 0.463 e. The molecule has 1 aliphatic rings. The van der Waals surface area contributed by atoms with Gasteiger partial charge in [-0.3, -0.25) is 14.4 Å². The van der Waals surface area contributed by atoms with Gasteiger partial charge in [0, 0.05) is 6.42 Å². The first-order valence-electron chi connectivity index (χ1n) is 9.54. The van der Waals surface area contributed by atoms with E-state index in [4.69, 9.17) is 9.47 Å². The first kappa shape index (κ1) is 22.2. The second-order valence-electron chi connectivity index (χ2n) is 7.77. The van der Waals surface area contributed by atoms with Crippen molar-refractivity contribution in [1.82, 2.24) is 5.32 Å². The summed E-state index contributed by atoms with van der Waals surface area (Å²) in [5.41, 5.74) is -0.586. The molecule has 0 unspecified atom stereocenters. The van der Waals surface area contributed by atoms with Gasteiger partial charge in [-0.05, 0) is 40.0 Å². The number of nitrogens with one attached hydrogen (secondary N) is 1. The van der Waals surface area contributed by atoms with Crippen LogP contribution >= 0.6 is 0 Å². The molecule has 0 fully saturated rings. The van der Waals surface area contributed by atoms with E-state index in [1.165, 1.54) is 0 Å². The topological polar surface area (TPSA) is 81.7 Å². The lowest BCUT2D eigenvalue weighted by molar-refractivity contribution is -0.161. The monoisotopic (exact) mass is 367 g/mol. The molecule has 0 radical (unpaired) electrons. The molecule has 0 aromatic carbocycles. The molecule has 0 saturated heterocycles. The summed E-state index contributed by atoms with van der Waals surface area (Å²) < 4.78 is 10.7. The molecular weight excluding hydrogens is 334 g/mol. The Balaban J connectivity index is 2.76. The highest BCUT2D eigenvalue weighted by atomic mass is 16.6. The number of rotatable bonds is 5. The normalized spacial score (nSPS) is 23.8. The third-order valence-corrected chi connectivity index (χ3v) is 3.99. The summed E-state index contributed by atoms with van der Waals surface area (Å²) in [7, 11) is 0. The molecule has 6 heteroatoms. The molecule has 0 bridgehead atoms. The van der Waals surface area contributed by atoms with Crippen molar-refractivity contribution in [3.05, 3.63) is 12.2 Å². The minimum atomic E-state index is -0.586. The molecule has 1 heterocycles. The van der Waals surface area contributed by atoms with Crippen molar-refractivity contribution in [2.24, 2.45) is 5.92 Å². The Hall–Kier alpha value is -1.85. The fourth-order valence-electron chi connectivity index (χ4n) is 2.69. The number of carbonyl (C=O) groups excluding carboxylic acids is 3. The van der Waals surface area contributed by atoms with Crippen LogP contribution in [0.4, 0.5) is 0 Å². The Bertz CT molecular complexity index is 507. The predicted molar refractivity (Wildman–Crippen MR) is 99.4 cm³/mol. The van der Waals surface area contributed by atoms with Crippen molar-refractivity contribution in [3.63, 3.8) is 0 Å². The van der Waals surface area contributed by atoms with E-state index >= 15 is 0 Å². The predicted octanol–water partition coefficient (Wildman–Crippen LogP) is 3.29. The van der Waals surface area contributed by atoms with Crippen LogP contribution < -0.4 is 5.32 Å². The van der Waals surface area contributed by atoms with E-state index in [9.17, 15) is 14.4 Å². The van der Waals surface area contributed by atoms with Crippen LogP contribution in [-0.4, -0.2) is 36.1 Å². The average Bonchev–Trinajstić information content (AvgIpc) is 2.52. The van der Waals surface area contributed by atoms with Crippen LogP contribution in [-0.2, 0) is 23.9 Å². The number of esters is 2. The van der Waals surface area contributed by atoms with Crippen LogP contribution in [0, 0.1) is 5.92 Å². The maximum atomic E-state index is 12.5. The van der Waals surface area contributed by atoms with Gasteiger partial charge in [-0.25, -0.2) is 0 Å². The van der Waals surface area contributed by atoms with Gasteiger partial charge in [0.05, 0.1) is 18.4 Å². The Morgan fingerprint density at radius 2 is 2.04 bits per heavy atom. The maximum Gasteiger partial charge on any atom is 0.309 e. The number of unbranched alkanes of at least 4 members (excludes halogenated alkanes) is 1. The first-order valence-corrected chi connectivity index (χ1v) is 9.54. The lowest BCUT2D eigenvalue weighted by Crippen LogP contribution is -2.39. The van der Waals surface area contributed by atoms with Crippen molar-refractivity contribution < 1.29 is 23.9 Å². The summed E-state index contributed by atoms with van der Waals surface area (Å²) >= 11 is 0. The van der Waals surface area contributed by atoms with Crippen molar-refractivity contribution >= 4 is 17.8 Å². The highest BCUT2D eigenvalue weighted by Gasteiger charge is 2.27. The van der Waals surface area contributed by atoms with E-state index in [1.807, 2.05) is 12.2 Å². The molecule has 1 aliphatic heterocycles. The van der Waals surface area contributed by atoms with Crippen molar-refractivity contribution in [1.29, 1.82) is 0 Å². The Labute approximate surface area is 156 Å². The number of cyclic esters (lactones) is 1. The smallest absolute Gasteiger partial charge is 0.309 e. The molecule has 1 rings (SSSR count). The van der Waals surface area contributed by atoms with Crippen molar-refractivity contribution in [2.45, 2.75) is 84.3 Å². The van der Waals surface area contributed by atoms with Crippen LogP contribution in [0.5, 0.6) is 0 Å². The molecular formula is C20H33NO5. The number of carbonyl (C=O) groups is 3. The maximum absolute atomic E-state index is 12.5. The summed E-state index contributed by atoms with van der Waals surface area (Å²) in [4.78, 5) is 36.5. The van der Waals surface area contributed by atoms with E-state index in [0.29, 0.717) is 19.3 Å². The van der Waals surface area contributed by atoms with Gasteiger partial charge in [0.1, 0.15) is 12.2 Å². The summed E-state index contributed by atoms with van der Waals surface area (Å²) in [6.45, 7) is 7.60. The molecule has 148 valence electrons. The molecule has 0 aromatic heterocycles. The molecule has 0 spiro atoms. The molecule has 2 atom stereocenters. The van der Waals surface area contributed by atoms with E-state index in [1.54, 1.807) is 20.8 Å². The second kappa shape index (κ2) is 11.0. The van der Waals surface area contributed by atoms with Gasteiger partial charge in [0.2, 0.25) is 5.91 Å². The minimum absolute atomic E-state index is 0.00751. The highest BCUT2D eigenvalue weighted by molar-refractivity contribution is 5.80. The molecule has 1 amide bonds. The molecule has 0 aromatic rings. The number of hydrogen-bond donors (Lipinski definition) is 1. The van der Waals surface area contributed by atoms with Gasteiger partial charge < -0.3 is 14.8 Å². The van der Waals surface area contributed by atoms with Crippen LogP contribution in [0.1, 0.15) is 72.6 Å². The SMILES string of the molecule is CCCC[C@@H]1COC(=O)[C@H](CC(=O)OC(C)(C)C)C/C=C\CCC(=O)N1. The van der Waals surface area contributed by atoms with Gasteiger partial charge in [-0.15, -0.1) is 0 Å². The number of allylic oxidation sites excluding steroid dienone is 2. The Kier molecular flexibility index (Phi) is 9.38. The third kappa shape index (κ3) is 9.59. The quantitative estimate of drug-likeness (QED) is 0.596. The zero-order valence-corrected chi connectivity index (χ0v) is 16.5. The standard InChI is InChI=1S/C20H33NO5/c1-5-6-11-16-14-25-19(24)15(13-18(23)26-20(2,3)4)10-8-7-9-12-17(22)21-16/h7-8,15-16H,5-6,9-14H2,1-4H3,(H,21,22)/b8-7-/t15-,16+/m0/s1. The van der Waals surface area contributed by atoms with Crippen LogP contribution in [0.2, 0.25) is 0 Å².